The Morgan fingerprint density at radius 1 is 0.623 bits per heavy atom. The number of carboxylic acid groups (broad SMARTS) is 1. The maximum absolute atomic E-state index is 13.5. The molecule has 4 atom stereocenters. The smallest absolute Gasteiger partial charge is 0.335 e. The second-order valence-electron chi connectivity index (χ2n) is 15.6. The van der Waals surface area contributed by atoms with E-state index in [-0.39, 0.29) is 57.6 Å². The van der Waals surface area contributed by atoms with Gasteiger partial charge in [-0.1, -0.05) is 66.9 Å². The molecule has 0 amide bonds. The monoisotopic (exact) mass is 1010 g/mol. The number of esters is 1. The molecule has 2 aromatic heterocycles. The Balaban J connectivity index is 0. The number of hydrogen-bond acceptors (Lipinski definition) is 17. The van der Waals surface area contributed by atoms with Crippen LogP contribution in [-0.2, 0) is 37.5 Å². The molecule has 4 rings (SSSR count). The summed E-state index contributed by atoms with van der Waals surface area (Å²) in [5.74, 6) is -1.25. The lowest BCUT2D eigenvalue weighted by atomic mass is 9.97. The zero-order valence-electron chi connectivity index (χ0n) is 38.6. The van der Waals surface area contributed by atoms with E-state index in [4.69, 9.17) is 21.9 Å². The van der Waals surface area contributed by atoms with Crippen molar-refractivity contribution >= 4 is 59.1 Å². The lowest BCUT2D eigenvalue weighted by Crippen LogP contribution is -2.20. The van der Waals surface area contributed by atoms with Crippen molar-refractivity contribution in [2.75, 3.05) is 45.1 Å². The Morgan fingerprint density at radius 3 is 1.22 bits per heavy atom. The van der Waals surface area contributed by atoms with Crippen LogP contribution in [-0.4, -0.2) is 134 Å². The molecule has 382 valence electrons. The number of ether oxygens (including phenoxy) is 1. The first kappa shape index (κ1) is 65.0. The molecule has 5 N–H and O–H groups in total. The summed E-state index contributed by atoms with van der Waals surface area (Å²) in [4.78, 5) is 44.1. The molecule has 0 aliphatic carbocycles. The quantitative estimate of drug-likeness (QED) is 0.0698. The van der Waals surface area contributed by atoms with Gasteiger partial charge in [0.05, 0.1) is 67.1 Å². The second kappa shape index (κ2) is 33.5. The van der Waals surface area contributed by atoms with Gasteiger partial charge < -0.3 is 40.1 Å². The van der Waals surface area contributed by atoms with Gasteiger partial charge in [0.2, 0.25) is 11.9 Å². The van der Waals surface area contributed by atoms with E-state index in [1.807, 2.05) is 55.9 Å². The highest BCUT2D eigenvalue weighted by Crippen LogP contribution is 2.33. The molecule has 0 radical (unpaired) electrons. The number of carbonyl (C=O) groups excluding carboxylic acids is 1. The van der Waals surface area contributed by atoms with Gasteiger partial charge in [-0.25, -0.2) is 28.7 Å². The number of nitrogens with zero attached hydrogens (tertiary/aromatic N) is 6. The number of carbonyl (C=O) groups is 2. The van der Waals surface area contributed by atoms with Gasteiger partial charge in [0.15, 0.2) is 0 Å². The zero-order chi connectivity index (χ0) is 51.0. The molecule has 4 aromatic rings. The van der Waals surface area contributed by atoms with E-state index in [0.717, 1.165) is 11.4 Å². The van der Waals surface area contributed by atoms with E-state index in [1.54, 1.807) is 46.2 Å². The van der Waals surface area contributed by atoms with E-state index < -0.39 is 65.9 Å². The van der Waals surface area contributed by atoms with Crippen LogP contribution < -0.4 is 9.80 Å². The number of halogens is 2. The first-order chi connectivity index (χ1) is 31.5. The molecule has 0 saturated heterocycles. The van der Waals surface area contributed by atoms with Crippen LogP contribution in [0, 0.1) is 11.6 Å². The van der Waals surface area contributed by atoms with Crippen LogP contribution in [0.5, 0.6) is 0 Å². The number of carboxylic acids is 1. The first-order valence-corrected chi connectivity index (χ1v) is 21.8. The Kier molecular flexibility index (Phi) is 31.5. The normalized spacial score (nSPS) is 12.3. The minimum absolute atomic E-state index is 0. The predicted octanol–water partition coefficient (Wildman–Crippen LogP) is 6.16. The highest BCUT2D eigenvalue weighted by Gasteiger charge is 2.21. The molecule has 2 heterocycles. The summed E-state index contributed by atoms with van der Waals surface area (Å²) in [5, 5.41) is 49.0. The van der Waals surface area contributed by atoms with Gasteiger partial charge in [0.25, 0.3) is 0 Å². The highest BCUT2D eigenvalue weighted by atomic mass is 32.1. The standard InChI is InChI=1S/C23H30FN3O4.C22H28FN3O4.2CH4.2O2S/c1-14(2)21-19(11-10-17(28)12-18(29)13-20(30)31-5)22(26-23(25-21)27(3)4)15-6-8-16(24)9-7-15;1-13(2)20-18(10-9-16(27)11-17(28)12-19(29)30)21(25-22(24-20)26(3)4)14-5-7-15(23)8-6-14;;;2*1-3-2/h6-11,14,17-18,28-29H,12-13H2,1-5H3;5-10,13,16-17,27-28H,11-12H2,1-4H3,(H,29,30);2*1H4;;/b11-10+;10-9+;;;;/t17-,18-;16-,17-;;;;/m11..../s1. The predicted molar refractivity (Wildman–Crippen MR) is 263 cm³/mol. The molecule has 69 heavy (non-hydrogen) atoms. The molecule has 0 bridgehead atoms. The number of aromatic nitrogens is 4. The van der Waals surface area contributed by atoms with Crippen molar-refractivity contribution in [2.24, 2.45) is 0 Å². The summed E-state index contributed by atoms with van der Waals surface area (Å²) in [7, 11) is 8.59. The molecule has 0 saturated carbocycles. The summed E-state index contributed by atoms with van der Waals surface area (Å²) in [6.07, 6.45) is 1.41. The Bertz CT molecular complexity index is 2310. The summed E-state index contributed by atoms with van der Waals surface area (Å²) in [6.45, 7) is 7.98. The van der Waals surface area contributed by atoms with Crippen molar-refractivity contribution in [1.29, 1.82) is 0 Å². The first-order valence-electron chi connectivity index (χ1n) is 20.4. The molecule has 0 fully saturated rings. The minimum atomic E-state index is -1.16. The van der Waals surface area contributed by atoms with Crippen molar-refractivity contribution in [1.82, 2.24) is 19.9 Å². The number of rotatable bonds is 18. The van der Waals surface area contributed by atoms with Crippen molar-refractivity contribution < 1.29 is 65.5 Å². The topological polar surface area (TPSA) is 271 Å². The van der Waals surface area contributed by atoms with Crippen molar-refractivity contribution in [2.45, 2.75) is 104 Å². The van der Waals surface area contributed by atoms with Crippen LogP contribution in [0.4, 0.5) is 20.7 Å². The van der Waals surface area contributed by atoms with Gasteiger partial charge in [-0.05, 0) is 60.4 Å². The molecule has 0 unspecified atom stereocenters. The van der Waals surface area contributed by atoms with E-state index in [2.05, 4.69) is 24.7 Å². The van der Waals surface area contributed by atoms with Gasteiger partial charge in [-0.2, -0.15) is 16.8 Å². The average molecular weight is 1010 g/mol. The number of aliphatic hydroxyl groups excluding tert-OH is 4. The van der Waals surface area contributed by atoms with E-state index in [9.17, 15) is 38.8 Å². The lowest BCUT2D eigenvalue weighted by Gasteiger charge is -2.19. The van der Waals surface area contributed by atoms with E-state index in [1.165, 1.54) is 43.5 Å². The number of anilines is 2. The molecule has 0 aliphatic heterocycles. The average Bonchev–Trinajstić information content (AvgIpc) is 3.25. The second-order valence-corrected chi connectivity index (χ2v) is 15.9. The van der Waals surface area contributed by atoms with Crippen molar-refractivity contribution in [3.8, 4) is 22.5 Å². The third-order valence-electron chi connectivity index (χ3n) is 9.09. The van der Waals surface area contributed by atoms with E-state index in [0.29, 0.717) is 45.5 Å². The number of aliphatic hydroxyl groups is 4. The summed E-state index contributed by atoms with van der Waals surface area (Å²) >= 11 is -1.50. The third kappa shape index (κ3) is 23.2. The van der Waals surface area contributed by atoms with Crippen LogP contribution in [0.3, 0.4) is 0 Å². The summed E-state index contributed by atoms with van der Waals surface area (Å²) in [5.41, 5.74) is 5.52. The fourth-order valence-corrected chi connectivity index (χ4v) is 5.99. The lowest BCUT2D eigenvalue weighted by molar-refractivity contribution is -0.143. The van der Waals surface area contributed by atoms with Gasteiger partial charge in [-0.3, -0.25) is 9.59 Å². The molecule has 18 nitrogen and oxygen atoms in total. The molecular formula is C47H66F2N6O12S2. The zero-order valence-corrected chi connectivity index (χ0v) is 40.2. The number of benzene rings is 2. The van der Waals surface area contributed by atoms with Crippen LogP contribution in [0.2, 0.25) is 0 Å². The van der Waals surface area contributed by atoms with Crippen LogP contribution in [0.25, 0.3) is 34.7 Å². The molecule has 2 aromatic carbocycles. The van der Waals surface area contributed by atoms with Gasteiger partial charge in [0.1, 0.15) is 11.6 Å². The fraction of sp³-hybridized carbons (Fsp3) is 0.447. The molecular weight excluding hydrogens is 943 g/mol. The van der Waals surface area contributed by atoms with Gasteiger partial charge >= 0.3 is 35.1 Å². The van der Waals surface area contributed by atoms with Gasteiger partial charge in [0, 0.05) is 63.3 Å². The molecule has 22 heteroatoms. The van der Waals surface area contributed by atoms with E-state index >= 15 is 0 Å². The maximum atomic E-state index is 13.5. The molecule has 0 spiro atoms. The Hall–Kier alpha value is -6.04. The fourth-order valence-electron chi connectivity index (χ4n) is 5.99. The minimum Gasteiger partial charge on any atom is -0.481 e. The summed E-state index contributed by atoms with van der Waals surface area (Å²) < 4.78 is 64.6. The Morgan fingerprint density at radius 2 is 0.942 bits per heavy atom. The van der Waals surface area contributed by atoms with Crippen molar-refractivity contribution in [3.63, 3.8) is 0 Å². The Labute approximate surface area is 410 Å². The number of methoxy groups -OCH3 is 1. The van der Waals surface area contributed by atoms with Gasteiger partial charge in [-0.15, -0.1) is 0 Å². The summed E-state index contributed by atoms with van der Waals surface area (Å²) in [6, 6.07) is 12.0. The largest absolute Gasteiger partial charge is 0.481 e. The van der Waals surface area contributed by atoms with Crippen LogP contribution >= 0.6 is 0 Å². The molecule has 0 aliphatic rings. The van der Waals surface area contributed by atoms with Crippen LogP contribution in [0.1, 0.15) is 103 Å². The number of aliphatic carboxylic acids is 1. The third-order valence-corrected chi connectivity index (χ3v) is 9.09. The number of hydrogen-bond donors (Lipinski definition) is 5. The SMILES string of the molecule is C.C.CC(C)c1nc(N(C)C)nc(-c2ccc(F)cc2)c1/C=C/[C@@H](O)C[C@@H](O)CC(=O)O.COC(=O)C[C@H](O)C[C@H](O)/C=C/c1c(-c2ccc(F)cc2)nc(N(C)C)nc1C(C)C.O=S=O.O=S=O. The van der Waals surface area contributed by atoms with Crippen molar-refractivity contribution in [3.05, 3.63) is 94.8 Å². The highest BCUT2D eigenvalue weighted by molar-refractivity contribution is 7.51. The van der Waals surface area contributed by atoms with Crippen LogP contribution in [0.15, 0.2) is 60.7 Å². The maximum Gasteiger partial charge on any atom is 0.335 e.